The SMILES string of the molecule is N[C@@H]1CCCN(C(=O)c2cnc3c(c2)nc2n3CC(=C3CC3)n3c-2cc2cccnc23)C1. The molecular weight excluding hydrogens is 402 g/mol. The summed E-state index contributed by atoms with van der Waals surface area (Å²) in [6.45, 7) is 2.06. The van der Waals surface area contributed by atoms with Crippen LogP contribution in [0.3, 0.4) is 0 Å². The van der Waals surface area contributed by atoms with Gasteiger partial charge in [-0.25, -0.2) is 15.0 Å². The maximum absolute atomic E-state index is 13.1. The van der Waals surface area contributed by atoms with Gasteiger partial charge in [0.05, 0.1) is 17.8 Å². The van der Waals surface area contributed by atoms with E-state index in [0.717, 1.165) is 72.5 Å². The molecule has 1 amide bonds. The first-order chi connectivity index (χ1) is 15.7. The second-order valence-corrected chi connectivity index (χ2v) is 9.07. The van der Waals surface area contributed by atoms with Crippen LogP contribution < -0.4 is 5.73 Å². The topological polar surface area (TPSA) is 94.9 Å². The molecule has 3 aliphatic rings. The number of aromatic nitrogens is 5. The van der Waals surface area contributed by atoms with Crippen LogP contribution in [-0.4, -0.2) is 54.0 Å². The molecule has 4 aromatic heterocycles. The van der Waals surface area contributed by atoms with Crippen LogP contribution in [-0.2, 0) is 6.54 Å². The summed E-state index contributed by atoms with van der Waals surface area (Å²) in [5, 5.41) is 1.10. The highest BCUT2D eigenvalue weighted by Gasteiger charge is 2.31. The number of rotatable bonds is 1. The first kappa shape index (κ1) is 18.1. The van der Waals surface area contributed by atoms with E-state index in [2.05, 4.69) is 26.3 Å². The van der Waals surface area contributed by atoms with Gasteiger partial charge in [0.25, 0.3) is 5.91 Å². The third-order valence-electron chi connectivity index (χ3n) is 6.85. The van der Waals surface area contributed by atoms with Crippen molar-refractivity contribution in [2.24, 2.45) is 5.73 Å². The molecule has 8 heteroatoms. The Kier molecular flexibility index (Phi) is 3.67. The van der Waals surface area contributed by atoms with E-state index >= 15 is 0 Å². The Morgan fingerprint density at radius 1 is 1.16 bits per heavy atom. The van der Waals surface area contributed by atoms with Crippen molar-refractivity contribution in [3.8, 4) is 11.5 Å². The van der Waals surface area contributed by atoms with E-state index in [1.807, 2.05) is 23.2 Å². The molecule has 7 rings (SSSR count). The van der Waals surface area contributed by atoms with Crippen LogP contribution in [0.1, 0.15) is 36.0 Å². The van der Waals surface area contributed by atoms with E-state index in [9.17, 15) is 4.79 Å². The molecule has 8 nitrogen and oxygen atoms in total. The van der Waals surface area contributed by atoms with Crippen LogP contribution in [0.2, 0.25) is 0 Å². The number of nitrogens with two attached hydrogens (primary N) is 1. The van der Waals surface area contributed by atoms with Gasteiger partial charge in [0.1, 0.15) is 11.2 Å². The molecule has 2 aliphatic heterocycles. The molecule has 4 aromatic rings. The average molecular weight is 425 g/mol. The summed E-state index contributed by atoms with van der Waals surface area (Å²) in [6.07, 6.45) is 7.71. The molecule has 0 radical (unpaired) electrons. The highest BCUT2D eigenvalue weighted by atomic mass is 16.2. The quantitative estimate of drug-likeness (QED) is 0.506. The first-order valence-corrected chi connectivity index (χ1v) is 11.3. The van der Waals surface area contributed by atoms with Gasteiger partial charge in [0, 0.05) is 42.6 Å². The molecular formula is C24H23N7O. The van der Waals surface area contributed by atoms with Gasteiger partial charge in [-0.3, -0.25) is 9.36 Å². The summed E-state index contributed by atoms with van der Waals surface area (Å²) in [7, 11) is 0. The van der Waals surface area contributed by atoms with Gasteiger partial charge in [-0.15, -0.1) is 0 Å². The molecule has 160 valence electrons. The van der Waals surface area contributed by atoms with E-state index in [1.165, 1.54) is 11.3 Å². The minimum absolute atomic E-state index is 0.0142. The average Bonchev–Trinajstić information content (AvgIpc) is 3.48. The van der Waals surface area contributed by atoms with Gasteiger partial charge in [-0.05, 0) is 55.5 Å². The van der Waals surface area contributed by atoms with Crippen molar-refractivity contribution in [2.75, 3.05) is 13.1 Å². The van der Waals surface area contributed by atoms with E-state index in [4.69, 9.17) is 15.7 Å². The fraction of sp³-hybridized carbons (Fsp3) is 0.333. The molecule has 1 aliphatic carbocycles. The van der Waals surface area contributed by atoms with Gasteiger partial charge in [0.15, 0.2) is 11.5 Å². The van der Waals surface area contributed by atoms with Gasteiger partial charge in [-0.2, -0.15) is 0 Å². The molecule has 1 atom stereocenters. The number of hydrogen-bond donors (Lipinski definition) is 1. The summed E-state index contributed by atoms with van der Waals surface area (Å²) >= 11 is 0. The van der Waals surface area contributed by atoms with Gasteiger partial charge < -0.3 is 15.2 Å². The van der Waals surface area contributed by atoms with E-state index < -0.39 is 0 Å². The Morgan fingerprint density at radius 2 is 2.06 bits per heavy atom. The van der Waals surface area contributed by atoms with Crippen molar-refractivity contribution < 1.29 is 4.79 Å². The number of pyridine rings is 2. The minimum Gasteiger partial charge on any atom is -0.337 e. The van der Waals surface area contributed by atoms with Crippen molar-refractivity contribution in [1.82, 2.24) is 29.0 Å². The maximum atomic E-state index is 13.1. The fourth-order valence-corrected chi connectivity index (χ4v) is 5.16. The highest BCUT2D eigenvalue weighted by molar-refractivity contribution is 5.97. The van der Waals surface area contributed by atoms with Crippen molar-refractivity contribution in [3.05, 3.63) is 47.8 Å². The Hall–Kier alpha value is -3.52. The molecule has 1 saturated heterocycles. The van der Waals surface area contributed by atoms with E-state index in [1.54, 1.807) is 6.20 Å². The largest absolute Gasteiger partial charge is 0.337 e. The monoisotopic (exact) mass is 425 g/mol. The summed E-state index contributed by atoms with van der Waals surface area (Å²) < 4.78 is 4.44. The first-order valence-electron chi connectivity index (χ1n) is 11.3. The van der Waals surface area contributed by atoms with Crippen molar-refractivity contribution in [3.63, 3.8) is 0 Å². The fourth-order valence-electron chi connectivity index (χ4n) is 5.16. The molecule has 32 heavy (non-hydrogen) atoms. The number of amides is 1. The third kappa shape index (κ3) is 2.59. The van der Waals surface area contributed by atoms with Crippen LogP contribution in [0, 0.1) is 0 Å². The molecule has 0 bridgehead atoms. The van der Waals surface area contributed by atoms with Crippen LogP contribution in [0.15, 0.2) is 42.2 Å². The highest BCUT2D eigenvalue weighted by Crippen LogP contribution is 2.43. The summed E-state index contributed by atoms with van der Waals surface area (Å²) in [5.74, 6) is 0.861. The van der Waals surface area contributed by atoms with Gasteiger partial charge >= 0.3 is 0 Å². The summed E-state index contributed by atoms with van der Waals surface area (Å²) in [5.41, 5.74) is 13.0. The predicted octanol–water partition coefficient (Wildman–Crippen LogP) is 3.03. The molecule has 1 saturated carbocycles. The van der Waals surface area contributed by atoms with E-state index in [-0.39, 0.29) is 11.9 Å². The normalized spacial score (nSPS) is 20.0. The lowest BCUT2D eigenvalue weighted by atomic mass is 10.1. The van der Waals surface area contributed by atoms with E-state index in [0.29, 0.717) is 12.1 Å². The van der Waals surface area contributed by atoms with Crippen LogP contribution in [0.25, 0.3) is 39.4 Å². The number of fused-ring (bicyclic) bond motifs is 7. The van der Waals surface area contributed by atoms with Crippen molar-refractivity contribution >= 4 is 33.8 Å². The van der Waals surface area contributed by atoms with Crippen LogP contribution in [0.5, 0.6) is 0 Å². The molecule has 0 spiro atoms. The molecule has 0 aromatic carbocycles. The third-order valence-corrected chi connectivity index (χ3v) is 6.85. The summed E-state index contributed by atoms with van der Waals surface area (Å²) in [4.78, 5) is 29.2. The number of carbonyl (C=O) groups excluding carboxylic acids is 1. The zero-order valence-corrected chi connectivity index (χ0v) is 17.7. The van der Waals surface area contributed by atoms with Crippen molar-refractivity contribution in [1.29, 1.82) is 0 Å². The van der Waals surface area contributed by atoms with Gasteiger partial charge in [-0.1, -0.05) is 0 Å². The lowest BCUT2D eigenvalue weighted by Gasteiger charge is -2.30. The number of nitrogens with zero attached hydrogens (tertiary/aromatic N) is 6. The maximum Gasteiger partial charge on any atom is 0.255 e. The second-order valence-electron chi connectivity index (χ2n) is 9.07. The smallest absolute Gasteiger partial charge is 0.255 e. The lowest BCUT2D eigenvalue weighted by molar-refractivity contribution is 0.0708. The minimum atomic E-state index is -0.0142. The number of likely N-dealkylation sites (tertiary alicyclic amines) is 1. The van der Waals surface area contributed by atoms with Crippen LogP contribution in [0.4, 0.5) is 0 Å². The predicted molar refractivity (Wildman–Crippen MR) is 122 cm³/mol. The molecule has 6 heterocycles. The standard InChI is InChI=1S/C24H23N7O/c25-17-4-2-8-29(12-17)24(32)16-9-18-22(27-11-16)30-13-20(14-5-6-14)31-19(23(30)28-18)10-15-3-1-7-26-21(15)31/h1,3,7,9-11,17H,2,4-6,8,12-13,25H2/t17-/m1/s1. The number of hydrogen-bond acceptors (Lipinski definition) is 5. The Balaban J connectivity index is 1.37. The molecule has 2 fully saturated rings. The number of piperidine rings is 1. The molecule has 2 N–H and O–H groups in total. The van der Waals surface area contributed by atoms with Crippen molar-refractivity contribution in [2.45, 2.75) is 38.3 Å². The second kappa shape index (κ2) is 6.49. The zero-order chi connectivity index (χ0) is 21.4. The summed E-state index contributed by atoms with van der Waals surface area (Å²) in [6, 6.07) is 8.14. The van der Waals surface area contributed by atoms with Gasteiger partial charge in [0.2, 0.25) is 0 Å². The zero-order valence-electron chi connectivity index (χ0n) is 17.7. The molecule has 0 unspecified atom stereocenters. The Morgan fingerprint density at radius 3 is 2.91 bits per heavy atom. The number of allylic oxidation sites excluding steroid dienone is 2. The number of imidazole rings is 1. The Labute approximate surface area is 184 Å². The van der Waals surface area contributed by atoms with Crippen LogP contribution >= 0.6 is 0 Å². The lowest BCUT2D eigenvalue weighted by Crippen LogP contribution is -2.45. The Bertz CT molecular complexity index is 1450. The number of carbonyl (C=O) groups is 1.